The number of nitrogens with two attached hydrogens (primary N) is 1. The summed E-state index contributed by atoms with van der Waals surface area (Å²) in [6, 6.07) is 0. The van der Waals surface area contributed by atoms with Crippen LogP contribution in [0.15, 0.2) is 6.20 Å². The fourth-order valence-electron chi connectivity index (χ4n) is 1.25. The Kier molecular flexibility index (Phi) is 1.92. The molecule has 0 aliphatic heterocycles. The van der Waals surface area contributed by atoms with Gasteiger partial charge in [-0.1, -0.05) is 0 Å². The number of aliphatic hydroxyl groups is 1. The number of aromatic nitrogens is 2. The van der Waals surface area contributed by atoms with Crippen molar-refractivity contribution in [2.24, 2.45) is 0 Å². The molecule has 1 heterocycles. The Labute approximate surface area is 80.5 Å². The van der Waals surface area contributed by atoms with E-state index in [9.17, 15) is 4.79 Å². The first-order valence-corrected chi connectivity index (χ1v) is 4.39. The second-order valence-corrected chi connectivity index (χ2v) is 3.59. The van der Waals surface area contributed by atoms with E-state index in [1.54, 1.807) is 0 Å². The Morgan fingerprint density at radius 1 is 1.79 bits per heavy atom. The van der Waals surface area contributed by atoms with Crippen LogP contribution in [0.4, 0.5) is 5.69 Å². The third-order valence-corrected chi connectivity index (χ3v) is 2.43. The van der Waals surface area contributed by atoms with E-state index < -0.39 is 5.54 Å². The van der Waals surface area contributed by atoms with Gasteiger partial charge in [0, 0.05) is 0 Å². The number of hydrogen-bond acceptors (Lipinski definition) is 4. The maximum Gasteiger partial charge on any atom is 0.271 e. The minimum absolute atomic E-state index is 0.0349. The molecule has 0 unspecified atom stereocenters. The van der Waals surface area contributed by atoms with Gasteiger partial charge in [0.05, 0.1) is 24.0 Å². The van der Waals surface area contributed by atoms with E-state index >= 15 is 0 Å². The molecule has 6 nitrogen and oxygen atoms in total. The van der Waals surface area contributed by atoms with E-state index in [2.05, 4.69) is 15.5 Å². The standard InChI is InChI=1S/C8H12N4O2/c9-5-3-10-12-6(5)7(14)11-8(4-13)1-2-8/h3,13H,1-2,4,9H2,(H,10,12)(H,11,14). The number of amides is 1. The van der Waals surface area contributed by atoms with Gasteiger partial charge in [0.25, 0.3) is 5.91 Å². The van der Waals surface area contributed by atoms with Crippen LogP contribution in [0.5, 0.6) is 0 Å². The molecule has 0 radical (unpaired) electrons. The van der Waals surface area contributed by atoms with Crippen molar-refractivity contribution in [2.75, 3.05) is 12.3 Å². The first-order chi connectivity index (χ1) is 6.67. The van der Waals surface area contributed by atoms with Gasteiger partial charge in [-0.25, -0.2) is 0 Å². The zero-order chi connectivity index (χ0) is 10.2. The van der Waals surface area contributed by atoms with Crippen molar-refractivity contribution in [3.63, 3.8) is 0 Å². The van der Waals surface area contributed by atoms with Crippen LogP contribution in [0.2, 0.25) is 0 Å². The fraction of sp³-hybridized carbons (Fsp3) is 0.500. The minimum Gasteiger partial charge on any atom is -0.396 e. The molecule has 1 amide bonds. The third-order valence-electron chi connectivity index (χ3n) is 2.43. The lowest BCUT2D eigenvalue weighted by Gasteiger charge is -2.13. The molecule has 1 aliphatic carbocycles. The van der Waals surface area contributed by atoms with Crippen LogP contribution in [-0.4, -0.2) is 33.4 Å². The lowest BCUT2D eigenvalue weighted by molar-refractivity contribution is 0.0902. The number of carbonyl (C=O) groups excluding carboxylic acids is 1. The first-order valence-electron chi connectivity index (χ1n) is 4.39. The molecule has 6 heteroatoms. The van der Waals surface area contributed by atoms with E-state index in [4.69, 9.17) is 10.8 Å². The number of hydrogen-bond donors (Lipinski definition) is 4. The smallest absolute Gasteiger partial charge is 0.271 e. The van der Waals surface area contributed by atoms with Gasteiger partial charge >= 0.3 is 0 Å². The summed E-state index contributed by atoms with van der Waals surface area (Å²) < 4.78 is 0. The number of carbonyl (C=O) groups is 1. The summed E-state index contributed by atoms with van der Waals surface area (Å²) in [5.74, 6) is -0.313. The molecule has 1 aromatic heterocycles. The van der Waals surface area contributed by atoms with Gasteiger partial charge in [-0.15, -0.1) is 0 Å². The number of nitrogens with zero attached hydrogens (tertiary/aromatic N) is 1. The van der Waals surface area contributed by atoms with Crippen LogP contribution in [-0.2, 0) is 0 Å². The van der Waals surface area contributed by atoms with Crippen LogP contribution in [0.1, 0.15) is 23.3 Å². The molecule has 0 aromatic carbocycles. The SMILES string of the molecule is Nc1cn[nH]c1C(=O)NC1(CO)CC1. The van der Waals surface area contributed by atoms with Crippen LogP contribution in [0.3, 0.4) is 0 Å². The van der Waals surface area contributed by atoms with E-state index in [1.807, 2.05) is 0 Å². The van der Waals surface area contributed by atoms with Crippen molar-refractivity contribution < 1.29 is 9.90 Å². The molecule has 0 saturated heterocycles. The second kappa shape index (κ2) is 2.98. The van der Waals surface area contributed by atoms with E-state index in [0.29, 0.717) is 5.69 Å². The molecule has 76 valence electrons. The highest BCUT2D eigenvalue weighted by Crippen LogP contribution is 2.34. The van der Waals surface area contributed by atoms with Crippen LogP contribution >= 0.6 is 0 Å². The van der Waals surface area contributed by atoms with E-state index in [-0.39, 0.29) is 18.2 Å². The summed E-state index contributed by atoms with van der Waals surface area (Å²) in [6.45, 7) is -0.0349. The molecule has 14 heavy (non-hydrogen) atoms. The van der Waals surface area contributed by atoms with Crippen molar-refractivity contribution in [1.29, 1.82) is 0 Å². The second-order valence-electron chi connectivity index (χ2n) is 3.59. The highest BCUT2D eigenvalue weighted by molar-refractivity contribution is 5.97. The molecule has 2 rings (SSSR count). The number of nitrogens with one attached hydrogen (secondary N) is 2. The summed E-state index contributed by atoms with van der Waals surface area (Å²) in [7, 11) is 0. The maximum atomic E-state index is 11.6. The molecule has 0 atom stereocenters. The number of aliphatic hydroxyl groups excluding tert-OH is 1. The maximum absolute atomic E-state index is 11.6. The molecule has 5 N–H and O–H groups in total. The van der Waals surface area contributed by atoms with Gasteiger partial charge in [0.1, 0.15) is 5.69 Å². The zero-order valence-electron chi connectivity index (χ0n) is 7.58. The van der Waals surface area contributed by atoms with Crippen molar-refractivity contribution >= 4 is 11.6 Å². The summed E-state index contributed by atoms with van der Waals surface area (Å²) in [4.78, 5) is 11.6. The van der Waals surface area contributed by atoms with Gasteiger partial charge in [-0.3, -0.25) is 9.89 Å². The van der Waals surface area contributed by atoms with Gasteiger partial charge in [0.2, 0.25) is 0 Å². The molecule has 0 bridgehead atoms. The number of rotatable bonds is 3. The molecular weight excluding hydrogens is 184 g/mol. The summed E-state index contributed by atoms with van der Waals surface area (Å²) in [6.07, 6.45) is 3.00. The molecule has 0 spiro atoms. The number of anilines is 1. The number of H-pyrrole nitrogens is 1. The zero-order valence-corrected chi connectivity index (χ0v) is 7.58. The Bertz CT molecular complexity index is 356. The predicted octanol–water partition coefficient (Wildman–Crippen LogP) is -0.753. The molecule has 1 aliphatic rings. The molecule has 1 fully saturated rings. The van der Waals surface area contributed by atoms with Crippen molar-refractivity contribution in [1.82, 2.24) is 15.5 Å². The Hall–Kier alpha value is -1.56. The van der Waals surface area contributed by atoms with Gasteiger partial charge in [-0.2, -0.15) is 5.10 Å². The summed E-state index contributed by atoms with van der Waals surface area (Å²) in [5, 5.41) is 17.9. The summed E-state index contributed by atoms with van der Waals surface area (Å²) >= 11 is 0. The number of aromatic amines is 1. The molecule has 1 saturated carbocycles. The van der Waals surface area contributed by atoms with Crippen LogP contribution < -0.4 is 11.1 Å². The van der Waals surface area contributed by atoms with Gasteiger partial charge < -0.3 is 16.2 Å². The quantitative estimate of drug-likeness (QED) is 0.510. The van der Waals surface area contributed by atoms with Crippen molar-refractivity contribution in [2.45, 2.75) is 18.4 Å². The van der Waals surface area contributed by atoms with Crippen molar-refractivity contribution in [3.8, 4) is 0 Å². The third kappa shape index (κ3) is 1.44. The molecule has 1 aromatic rings. The minimum atomic E-state index is -0.422. The largest absolute Gasteiger partial charge is 0.396 e. The average molecular weight is 196 g/mol. The van der Waals surface area contributed by atoms with Crippen molar-refractivity contribution in [3.05, 3.63) is 11.9 Å². The highest BCUT2D eigenvalue weighted by Gasteiger charge is 2.43. The molecular formula is C8H12N4O2. The van der Waals surface area contributed by atoms with Gasteiger partial charge in [-0.05, 0) is 12.8 Å². The lowest BCUT2D eigenvalue weighted by atomic mass is 10.2. The van der Waals surface area contributed by atoms with Gasteiger partial charge in [0.15, 0.2) is 0 Å². The Balaban J connectivity index is 2.07. The fourth-order valence-corrected chi connectivity index (χ4v) is 1.25. The normalized spacial score (nSPS) is 17.8. The average Bonchev–Trinajstić information content (AvgIpc) is 2.80. The highest BCUT2D eigenvalue weighted by atomic mass is 16.3. The Morgan fingerprint density at radius 2 is 2.50 bits per heavy atom. The summed E-state index contributed by atoms with van der Waals surface area (Å²) in [5.41, 5.74) is 5.65. The van der Waals surface area contributed by atoms with Crippen LogP contribution in [0, 0.1) is 0 Å². The lowest BCUT2D eigenvalue weighted by Crippen LogP contribution is -2.40. The first kappa shape index (κ1) is 9.01. The topological polar surface area (TPSA) is 104 Å². The number of nitrogen functional groups attached to an aromatic ring is 1. The predicted molar refractivity (Wildman–Crippen MR) is 49.5 cm³/mol. The van der Waals surface area contributed by atoms with E-state index in [1.165, 1.54) is 6.20 Å². The Morgan fingerprint density at radius 3 is 2.93 bits per heavy atom. The van der Waals surface area contributed by atoms with Crippen LogP contribution in [0.25, 0.3) is 0 Å². The van der Waals surface area contributed by atoms with E-state index in [0.717, 1.165) is 12.8 Å². The monoisotopic (exact) mass is 196 g/mol.